The summed E-state index contributed by atoms with van der Waals surface area (Å²) in [5.41, 5.74) is 5.80. The van der Waals surface area contributed by atoms with Crippen LogP contribution in [-0.2, 0) is 0 Å². The number of rotatable bonds is 2. The second-order valence-electron chi connectivity index (χ2n) is 6.12. The fourth-order valence-electron chi connectivity index (χ4n) is 3.25. The topological polar surface area (TPSA) is 61.0 Å². The van der Waals surface area contributed by atoms with E-state index in [2.05, 4.69) is 36.8 Å². The van der Waals surface area contributed by atoms with E-state index in [0.29, 0.717) is 23.7 Å². The number of thiophene rings is 1. The number of hydrogen-bond donors (Lipinski definition) is 1. The van der Waals surface area contributed by atoms with Gasteiger partial charge in [-0.15, -0.1) is 11.3 Å². The largest absolute Gasteiger partial charge is 0.474 e. The fourth-order valence-corrected chi connectivity index (χ4v) is 4.13. The molecule has 0 spiro atoms. The second-order valence-corrected chi connectivity index (χ2v) is 7.35. The van der Waals surface area contributed by atoms with E-state index >= 15 is 0 Å². The number of fused-ring (bicyclic) bond motifs is 1. The van der Waals surface area contributed by atoms with Crippen LogP contribution in [0.2, 0.25) is 0 Å². The zero-order valence-electron chi connectivity index (χ0n) is 12.2. The van der Waals surface area contributed by atoms with Crippen molar-refractivity contribution in [3.63, 3.8) is 0 Å². The molecule has 2 aromatic heterocycles. The van der Waals surface area contributed by atoms with E-state index < -0.39 is 0 Å². The summed E-state index contributed by atoms with van der Waals surface area (Å²) in [6.45, 7) is 6.66. The number of aryl methyl sites for hydroxylation is 1. The van der Waals surface area contributed by atoms with E-state index in [1.807, 2.05) is 0 Å². The minimum atomic E-state index is 0.242. The summed E-state index contributed by atoms with van der Waals surface area (Å²) < 4.78 is 6.18. The summed E-state index contributed by atoms with van der Waals surface area (Å²) >= 11 is 1.63. The predicted molar refractivity (Wildman–Crippen MR) is 83.2 cm³/mol. The lowest BCUT2D eigenvalue weighted by atomic mass is 9.82. The Morgan fingerprint density at radius 1 is 1.20 bits per heavy atom. The molecule has 1 saturated carbocycles. The molecule has 0 amide bonds. The van der Waals surface area contributed by atoms with E-state index in [0.717, 1.165) is 23.1 Å². The normalized spacial score (nSPS) is 26.9. The van der Waals surface area contributed by atoms with Gasteiger partial charge in [-0.3, -0.25) is 0 Å². The van der Waals surface area contributed by atoms with Crippen molar-refractivity contribution in [1.29, 1.82) is 0 Å². The van der Waals surface area contributed by atoms with Crippen molar-refractivity contribution in [2.24, 2.45) is 11.8 Å². The highest BCUT2D eigenvalue weighted by atomic mass is 32.1. The first-order valence-electron chi connectivity index (χ1n) is 7.21. The van der Waals surface area contributed by atoms with Gasteiger partial charge in [0.15, 0.2) is 0 Å². The van der Waals surface area contributed by atoms with Crippen molar-refractivity contribution < 1.29 is 4.74 Å². The maximum Gasteiger partial charge on any atom is 0.227 e. The van der Waals surface area contributed by atoms with E-state index in [4.69, 9.17) is 10.5 Å². The molecule has 2 heterocycles. The Balaban J connectivity index is 1.90. The first kappa shape index (κ1) is 13.6. The Morgan fingerprint density at radius 2 is 1.90 bits per heavy atom. The third kappa shape index (κ3) is 2.73. The molecule has 1 aliphatic rings. The number of nitrogen functional groups attached to an aromatic ring is 1. The van der Waals surface area contributed by atoms with Crippen molar-refractivity contribution in [2.75, 3.05) is 5.73 Å². The van der Waals surface area contributed by atoms with Crippen LogP contribution in [0.3, 0.4) is 0 Å². The molecule has 0 saturated heterocycles. The van der Waals surface area contributed by atoms with Gasteiger partial charge in [0.2, 0.25) is 11.8 Å². The molecule has 0 bridgehead atoms. The SMILES string of the molecule is Cc1cc2c(OC3CC(C)CC(C)C3)nc(N)nc2s1. The Bertz CT molecular complexity index is 615. The minimum absolute atomic E-state index is 0.242. The van der Waals surface area contributed by atoms with Gasteiger partial charge in [-0.1, -0.05) is 13.8 Å². The highest BCUT2D eigenvalue weighted by molar-refractivity contribution is 7.18. The van der Waals surface area contributed by atoms with Gasteiger partial charge in [0, 0.05) is 4.88 Å². The van der Waals surface area contributed by atoms with Gasteiger partial charge in [0.05, 0.1) is 5.39 Å². The zero-order valence-corrected chi connectivity index (χ0v) is 13.0. The van der Waals surface area contributed by atoms with Gasteiger partial charge >= 0.3 is 0 Å². The maximum atomic E-state index is 6.18. The zero-order chi connectivity index (χ0) is 14.3. The van der Waals surface area contributed by atoms with Gasteiger partial charge in [0.1, 0.15) is 10.9 Å². The number of anilines is 1. The lowest BCUT2D eigenvalue weighted by Crippen LogP contribution is -2.28. The van der Waals surface area contributed by atoms with Crippen LogP contribution in [0.15, 0.2) is 6.07 Å². The van der Waals surface area contributed by atoms with Gasteiger partial charge in [-0.25, -0.2) is 4.98 Å². The Kier molecular flexibility index (Phi) is 3.54. The minimum Gasteiger partial charge on any atom is -0.474 e. The van der Waals surface area contributed by atoms with Crippen molar-refractivity contribution in [2.45, 2.75) is 46.1 Å². The van der Waals surface area contributed by atoms with Crippen molar-refractivity contribution in [3.05, 3.63) is 10.9 Å². The van der Waals surface area contributed by atoms with Crippen molar-refractivity contribution in [3.8, 4) is 5.88 Å². The van der Waals surface area contributed by atoms with Crippen LogP contribution in [0.1, 0.15) is 38.0 Å². The first-order valence-corrected chi connectivity index (χ1v) is 8.03. The van der Waals surface area contributed by atoms with E-state index in [1.165, 1.54) is 11.3 Å². The number of hydrogen-bond acceptors (Lipinski definition) is 5. The van der Waals surface area contributed by atoms with Crippen LogP contribution in [0.25, 0.3) is 10.2 Å². The molecule has 1 aliphatic carbocycles. The van der Waals surface area contributed by atoms with Crippen LogP contribution in [0.4, 0.5) is 5.95 Å². The maximum absolute atomic E-state index is 6.18. The molecule has 4 nitrogen and oxygen atoms in total. The third-order valence-corrected chi connectivity index (χ3v) is 4.86. The first-order chi connectivity index (χ1) is 9.51. The van der Waals surface area contributed by atoms with Gasteiger partial charge in [-0.2, -0.15) is 4.98 Å². The Labute approximate surface area is 123 Å². The monoisotopic (exact) mass is 291 g/mol. The summed E-state index contributed by atoms with van der Waals surface area (Å²) in [5, 5.41) is 0.993. The fraction of sp³-hybridized carbons (Fsp3) is 0.600. The van der Waals surface area contributed by atoms with Crippen molar-refractivity contribution in [1.82, 2.24) is 9.97 Å². The molecule has 108 valence electrons. The highest BCUT2D eigenvalue weighted by Gasteiger charge is 2.26. The molecule has 5 heteroatoms. The number of nitrogens with zero attached hydrogens (tertiary/aromatic N) is 2. The van der Waals surface area contributed by atoms with E-state index in [-0.39, 0.29) is 6.10 Å². The molecule has 0 aliphatic heterocycles. The number of nitrogens with two attached hydrogens (primary N) is 1. The summed E-state index contributed by atoms with van der Waals surface area (Å²) in [7, 11) is 0. The smallest absolute Gasteiger partial charge is 0.227 e. The Morgan fingerprint density at radius 3 is 2.60 bits per heavy atom. The number of aromatic nitrogens is 2. The average Bonchev–Trinajstić information content (AvgIpc) is 2.68. The summed E-state index contributed by atoms with van der Waals surface area (Å²) in [4.78, 5) is 10.7. The lowest BCUT2D eigenvalue weighted by Gasteiger charge is -2.31. The van der Waals surface area contributed by atoms with E-state index in [9.17, 15) is 0 Å². The summed E-state index contributed by atoms with van der Waals surface area (Å²) in [6.07, 6.45) is 3.72. The molecule has 2 aromatic rings. The molecular weight excluding hydrogens is 270 g/mol. The van der Waals surface area contributed by atoms with Crippen molar-refractivity contribution >= 4 is 27.5 Å². The van der Waals surface area contributed by atoms with Gasteiger partial charge < -0.3 is 10.5 Å². The molecule has 2 N–H and O–H groups in total. The molecule has 20 heavy (non-hydrogen) atoms. The molecule has 3 rings (SSSR count). The quantitative estimate of drug-likeness (QED) is 0.914. The van der Waals surface area contributed by atoms with Crippen LogP contribution >= 0.6 is 11.3 Å². The molecule has 0 aromatic carbocycles. The molecule has 0 radical (unpaired) electrons. The summed E-state index contributed by atoms with van der Waals surface area (Å²) in [5.74, 6) is 2.37. The molecule has 2 atom stereocenters. The van der Waals surface area contributed by atoms with Crippen LogP contribution in [0, 0.1) is 18.8 Å². The third-order valence-electron chi connectivity index (χ3n) is 3.91. The highest BCUT2D eigenvalue weighted by Crippen LogP contribution is 2.35. The van der Waals surface area contributed by atoms with E-state index in [1.54, 1.807) is 11.3 Å². The van der Waals surface area contributed by atoms with Crippen LogP contribution in [0.5, 0.6) is 5.88 Å². The molecule has 1 fully saturated rings. The lowest BCUT2D eigenvalue weighted by molar-refractivity contribution is 0.0984. The van der Waals surface area contributed by atoms with Gasteiger partial charge in [0.25, 0.3) is 0 Å². The predicted octanol–water partition coefficient (Wildman–Crippen LogP) is 3.79. The standard InChI is InChI=1S/C15H21N3OS/c1-8-4-9(2)6-11(5-8)19-13-12-7-10(3)20-14(12)18-15(16)17-13/h7-9,11H,4-6H2,1-3H3,(H2,16,17,18). The average molecular weight is 291 g/mol. The molecule has 2 unspecified atom stereocenters. The summed E-state index contributed by atoms with van der Waals surface area (Å²) in [6, 6.07) is 2.09. The van der Waals surface area contributed by atoms with Crippen LogP contribution in [-0.4, -0.2) is 16.1 Å². The molecular formula is C15H21N3OS. The van der Waals surface area contributed by atoms with Crippen LogP contribution < -0.4 is 10.5 Å². The second kappa shape index (κ2) is 5.20. The number of ether oxygens (including phenoxy) is 1. The Hall–Kier alpha value is -1.36. The van der Waals surface area contributed by atoms with Gasteiger partial charge in [-0.05, 0) is 44.1 Å².